The van der Waals surface area contributed by atoms with Gasteiger partial charge in [0.05, 0.1) is 17.2 Å². The van der Waals surface area contributed by atoms with Gasteiger partial charge in [0.2, 0.25) is 11.9 Å². The molecule has 0 aliphatic heterocycles. The zero-order valence-electron chi connectivity index (χ0n) is 23.9. The van der Waals surface area contributed by atoms with Crippen LogP contribution in [0.1, 0.15) is 65.6 Å². The van der Waals surface area contributed by atoms with Crippen molar-refractivity contribution in [3.05, 3.63) is 101 Å². The number of carbonyl (C=O) groups is 2. The third-order valence-electron chi connectivity index (χ3n) is 7.72. The highest BCUT2D eigenvalue weighted by atomic mass is 16.4. The number of carboxylic acid groups (broad SMARTS) is 1. The van der Waals surface area contributed by atoms with Crippen LogP contribution >= 0.6 is 0 Å². The van der Waals surface area contributed by atoms with Gasteiger partial charge < -0.3 is 25.6 Å². The van der Waals surface area contributed by atoms with Gasteiger partial charge in [-0.05, 0) is 59.9 Å². The Hall–Kier alpha value is -5.17. The lowest BCUT2D eigenvalue weighted by Crippen LogP contribution is -2.41. The third-order valence-corrected chi connectivity index (χ3v) is 7.72. The molecule has 0 bridgehead atoms. The van der Waals surface area contributed by atoms with Crippen molar-refractivity contribution in [1.82, 2.24) is 19.9 Å². The molecular formula is C33H35N7O3. The Kier molecular flexibility index (Phi) is 9.64. The molecule has 4 aromatic rings. The standard InChI is InChI=1S/C33H35N7O3/c34-20-24-8-10-25(11-9-24)21-35-31(41)28(18-23-6-2-1-3-7-23)37-29-19-30(40-16-4-5-17-40)39-33(38-29)36-22-26-12-14-27(15-13-26)32(42)43/h4-5,8-17,19,23,28H,1-3,6-7,18,21-22H2,(H,35,41)(H,42,43)(H2,36,37,38,39)/t28-/m1/s1. The normalized spacial score (nSPS) is 13.9. The number of amides is 1. The molecule has 10 nitrogen and oxygen atoms in total. The Labute approximate surface area is 250 Å². The van der Waals surface area contributed by atoms with Crippen molar-refractivity contribution in [2.24, 2.45) is 5.92 Å². The van der Waals surface area contributed by atoms with Crippen molar-refractivity contribution < 1.29 is 14.7 Å². The molecule has 10 heteroatoms. The average molecular weight is 578 g/mol. The smallest absolute Gasteiger partial charge is 0.335 e. The van der Waals surface area contributed by atoms with E-state index in [0.717, 1.165) is 24.0 Å². The molecule has 220 valence electrons. The predicted molar refractivity (Wildman–Crippen MR) is 164 cm³/mol. The van der Waals surface area contributed by atoms with E-state index in [1.54, 1.807) is 36.4 Å². The summed E-state index contributed by atoms with van der Waals surface area (Å²) in [6, 6.07) is 21.1. The van der Waals surface area contributed by atoms with Gasteiger partial charge in [-0.3, -0.25) is 4.79 Å². The van der Waals surface area contributed by atoms with E-state index in [4.69, 9.17) is 10.2 Å². The van der Waals surface area contributed by atoms with Crippen LogP contribution in [-0.4, -0.2) is 37.6 Å². The fourth-order valence-electron chi connectivity index (χ4n) is 5.33. The van der Waals surface area contributed by atoms with Crippen molar-refractivity contribution in [1.29, 1.82) is 5.26 Å². The van der Waals surface area contributed by atoms with Crippen LogP contribution in [0.15, 0.2) is 79.1 Å². The van der Waals surface area contributed by atoms with Gasteiger partial charge in [-0.1, -0.05) is 56.4 Å². The maximum absolute atomic E-state index is 13.6. The topological polar surface area (TPSA) is 145 Å². The van der Waals surface area contributed by atoms with Gasteiger partial charge in [0, 0.05) is 31.5 Å². The molecule has 2 heterocycles. The van der Waals surface area contributed by atoms with E-state index in [2.05, 4.69) is 27.0 Å². The number of aromatic nitrogens is 3. The molecule has 0 spiro atoms. The summed E-state index contributed by atoms with van der Waals surface area (Å²) in [5, 5.41) is 28.0. The first-order valence-electron chi connectivity index (χ1n) is 14.6. The second-order valence-electron chi connectivity index (χ2n) is 10.8. The molecule has 1 aliphatic carbocycles. The Morgan fingerprint density at radius 3 is 2.30 bits per heavy atom. The minimum atomic E-state index is -0.971. The summed E-state index contributed by atoms with van der Waals surface area (Å²) < 4.78 is 1.88. The third kappa shape index (κ3) is 8.20. The number of anilines is 2. The lowest BCUT2D eigenvalue weighted by molar-refractivity contribution is -0.122. The van der Waals surface area contributed by atoms with E-state index in [9.17, 15) is 14.7 Å². The van der Waals surface area contributed by atoms with E-state index >= 15 is 0 Å². The molecule has 43 heavy (non-hydrogen) atoms. The molecule has 1 aliphatic rings. The van der Waals surface area contributed by atoms with Crippen LogP contribution in [0, 0.1) is 17.2 Å². The summed E-state index contributed by atoms with van der Waals surface area (Å²) in [5.41, 5.74) is 2.61. The lowest BCUT2D eigenvalue weighted by atomic mass is 9.84. The van der Waals surface area contributed by atoms with Crippen molar-refractivity contribution in [2.45, 2.75) is 57.7 Å². The van der Waals surface area contributed by atoms with Crippen LogP contribution in [0.5, 0.6) is 0 Å². The molecule has 2 aromatic heterocycles. The fourth-order valence-corrected chi connectivity index (χ4v) is 5.33. The molecule has 0 radical (unpaired) electrons. The van der Waals surface area contributed by atoms with Crippen LogP contribution < -0.4 is 16.0 Å². The number of nitrogens with one attached hydrogen (secondary N) is 3. The van der Waals surface area contributed by atoms with Gasteiger partial charge >= 0.3 is 5.97 Å². The Balaban J connectivity index is 1.35. The zero-order valence-corrected chi connectivity index (χ0v) is 23.9. The number of hydrogen-bond donors (Lipinski definition) is 4. The van der Waals surface area contributed by atoms with Gasteiger partial charge in [0.15, 0.2) is 0 Å². The number of aromatic carboxylic acids is 1. The molecule has 5 rings (SSSR count). The summed E-state index contributed by atoms with van der Waals surface area (Å²) in [6.45, 7) is 0.754. The lowest BCUT2D eigenvalue weighted by Gasteiger charge is -2.27. The molecular weight excluding hydrogens is 542 g/mol. The SMILES string of the molecule is N#Cc1ccc(CNC(=O)[C@@H](CC2CCCCC2)Nc2cc(-n3cccc3)nc(NCc3ccc(C(=O)O)cc3)n2)cc1. The van der Waals surface area contributed by atoms with Gasteiger partial charge in [-0.2, -0.15) is 15.2 Å². The summed E-state index contributed by atoms with van der Waals surface area (Å²) >= 11 is 0. The minimum Gasteiger partial charge on any atom is -0.478 e. The largest absolute Gasteiger partial charge is 0.478 e. The number of hydrogen-bond acceptors (Lipinski definition) is 7. The van der Waals surface area contributed by atoms with E-state index in [0.29, 0.717) is 48.6 Å². The first-order chi connectivity index (χ1) is 21.0. The zero-order chi connectivity index (χ0) is 30.0. The highest BCUT2D eigenvalue weighted by molar-refractivity contribution is 5.87. The maximum atomic E-state index is 13.6. The molecule has 1 saturated carbocycles. The number of nitrogens with zero attached hydrogens (tertiary/aromatic N) is 4. The van der Waals surface area contributed by atoms with Crippen molar-refractivity contribution in [3.8, 4) is 11.9 Å². The predicted octanol–water partition coefficient (Wildman–Crippen LogP) is 5.52. The number of carboxylic acids is 1. The molecule has 4 N–H and O–H groups in total. The minimum absolute atomic E-state index is 0.107. The molecule has 1 atom stereocenters. The van der Waals surface area contributed by atoms with Crippen molar-refractivity contribution in [3.63, 3.8) is 0 Å². The van der Waals surface area contributed by atoms with E-state index in [1.165, 1.54) is 19.3 Å². The fraction of sp³-hybridized carbons (Fsp3) is 0.303. The number of carbonyl (C=O) groups excluding carboxylic acids is 1. The Morgan fingerprint density at radius 1 is 0.953 bits per heavy atom. The second kappa shape index (κ2) is 14.1. The summed E-state index contributed by atoms with van der Waals surface area (Å²) in [7, 11) is 0. The number of nitriles is 1. The van der Waals surface area contributed by atoms with E-state index in [1.807, 2.05) is 47.3 Å². The second-order valence-corrected chi connectivity index (χ2v) is 10.8. The van der Waals surface area contributed by atoms with Crippen LogP contribution in [0.2, 0.25) is 0 Å². The Morgan fingerprint density at radius 2 is 1.63 bits per heavy atom. The molecule has 0 saturated heterocycles. The summed E-state index contributed by atoms with van der Waals surface area (Å²) in [4.78, 5) is 34.1. The molecule has 1 amide bonds. The monoisotopic (exact) mass is 577 g/mol. The quantitative estimate of drug-likeness (QED) is 0.172. The van der Waals surface area contributed by atoms with Crippen LogP contribution in [0.3, 0.4) is 0 Å². The van der Waals surface area contributed by atoms with Gasteiger partial charge in [0.25, 0.3) is 0 Å². The first kappa shape index (κ1) is 29.3. The highest BCUT2D eigenvalue weighted by Crippen LogP contribution is 2.28. The highest BCUT2D eigenvalue weighted by Gasteiger charge is 2.25. The molecule has 0 unspecified atom stereocenters. The van der Waals surface area contributed by atoms with Gasteiger partial charge in [0.1, 0.15) is 17.7 Å². The number of rotatable bonds is 12. The Bertz CT molecular complexity index is 1560. The first-order valence-corrected chi connectivity index (χ1v) is 14.6. The maximum Gasteiger partial charge on any atom is 0.335 e. The van der Waals surface area contributed by atoms with Crippen molar-refractivity contribution in [2.75, 3.05) is 10.6 Å². The average Bonchev–Trinajstić information content (AvgIpc) is 3.59. The van der Waals surface area contributed by atoms with Crippen LogP contribution in [0.4, 0.5) is 11.8 Å². The van der Waals surface area contributed by atoms with Crippen LogP contribution in [-0.2, 0) is 17.9 Å². The van der Waals surface area contributed by atoms with E-state index < -0.39 is 12.0 Å². The van der Waals surface area contributed by atoms with Crippen LogP contribution in [0.25, 0.3) is 5.82 Å². The number of benzene rings is 2. The molecule has 1 fully saturated rings. The van der Waals surface area contributed by atoms with Gasteiger partial charge in [-0.25, -0.2) is 4.79 Å². The van der Waals surface area contributed by atoms with Gasteiger partial charge in [-0.15, -0.1) is 0 Å². The summed E-state index contributed by atoms with van der Waals surface area (Å²) in [6.07, 6.45) is 10.3. The molecule has 2 aromatic carbocycles. The van der Waals surface area contributed by atoms with E-state index in [-0.39, 0.29) is 11.5 Å². The summed E-state index contributed by atoms with van der Waals surface area (Å²) in [5.74, 6) is 0.914. The van der Waals surface area contributed by atoms with Crippen molar-refractivity contribution >= 4 is 23.6 Å².